The van der Waals surface area contributed by atoms with E-state index in [1.807, 2.05) is 12.1 Å². The van der Waals surface area contributed by atoms with Crippen LogP contribution in [0.1, 0.15) is 34.4 Å². The zero-order valence-electron chi connectivity index (χ0n) is 17.6. The second-order valence-corrected chi connectivity index (χ2v) is 8.23. The molecule has 0 aliphatic heterocycles. The van der Waals surface area contributed by atoms with Crippen molar-refractivity contribution in [2.45, 2.75) is 37.9 Å². The van der Waals surface area contributed by atoms with Crippen LogP contribution in [0.4, 0.5) is 0 Å². The Kier molecular flexibility index (Phi) is 4.76. The van der Waals surface area contributed by atoms with Crippen molar-refractivity contribution in [3.8, 4) is 11.4 Å². The highest BCUT2D eigenvalue weighted by Gasteiger charge is 2.43. The lowest BCUT2D eigenvalue weighted by Gasteiger charge is -2.60. The second-order valence-electron chi connectivity index (χ2n) is 8.23. The monoisotopic (exact) mass is 430 g/mol. The molecule has 164 valence electrons. The van der Waals surface area contributed by atoms with Crippen LogP contribution in [-0.2, 0) is 0 Å². The summed E-state index contributed by atoms with van der Waals surface area (Å²) >= 11 is 0. The molecular weight excluding hydrogens is 408 g/mol. The Labute approximate surface area is 183 Å². The average molecular weight is 430 g/mol. The van der Waals surface area contributed by atoms with Gasteiger partial charge in [-0.15, -0.1) is 12.2 Å². The SMILES string of the molecule is Cc1[nH]n(-c2ccccc2)c(=O)c1C1C([O-])C(c2c(C)[nH]n(-c3ccccc3)c2=O)C1[O-]. The maximum Gasteiger partial charge on any atom is 0.274 e. The van der Waals surface area contributed by atoms with E-state index < -0.39 is 35.2 Å². The van der Waals surface area contributed by atoms with Gasteiger partial charge >= 0.3 is 0 Å². The third-order valence-corrected chi connectivity index (χ3v) is 6.35. The summed E-state index contributed by atoms with van der Waals surface area (Å²) in [6, 6.07) is 18.0. The summed E-state index contributed by atoms with van der Waals surface area (Å²) in [4.78, 5) is 26.1. The van der Waals surface area contributed by atoms with Gasteiger partial charge in [0.15, 0.2) is 0 Å². The van der Waals surface area contributed by atoms with Crippen LogP contribution in [0.25, 0.3) is 11.4 Å². The van der Waals surface area contributed by atoms with E-state index in [9.17, 15) is 19.8 Å². The maximum absolute atomic E-state index is 13.2. The number of hydrogen-bond acceptors (Lipinski definition) is 4. The summed E-state index contributed by atoms with van der Waals surface area (Å²) in [5, 5.41) is 32.4. The molecule has 4 aromatic rings. The van der Waals surface area contributed by atoms with Crippen LogP contribution in [0.3, 0.4) is 0 Å². The number of hydrogen-bond donors (Lipinski definition) is 2. The number of H-pyrrole nitrogens is 2. The van der Waals surface area contributed by atoms with E-state index in [-0.39, 0.29) is 11.1 Å². The Hall–Kier alpha value is -3.62. The Balaban J connectivity index is 1.51. The number of aryl methyl sites for hydroxylation is 2. The molecule has 2 aromatic carbocycles. The molecule has 1 saturated carbocycles. The molecule has 8 nitrogen and oxygen atoms in total. The second kappa shape index (κ2) is 7.51. The fourth-order valence-electron chi connectivity index (χ4n) is 4.75. The van der Waals surface area contributed by atoms with Crippen LogP contribution in [0.2, 0.25) is 0 Å². The first-order valence-corrected chi connectivity index (χ1v) is 10.5. The van der Waals surface area contributed by atoms with E-state index in [1.165, 1.54) is 9.36 Å². The predicted molar refractivity (Wildman–Crippen MR) is 115 cm³/mol. The van der Waals surface area contributed by atoms with Gasteiger partial charge in [0, 0.05) is 22.5 Å². The number of aromatic nitrogens is 4. The highest BCUT2D eigenvalue weighted by Crippen LogP contribution is 2.45. The van der Waals surface area contributed by atoms with Crippen LogP contribution in [-0.4, -0.2) is 31.8 Å². The van der Waals surface area contributed by atoms with Gasteiger partial charge in [-0.3, -0.25) is 19.8 Å². The number of nitrogens with zero attached hydrogens (tertiary/aromatic N) is 2. The standard InChI is InChI=1S/C24H22N4O4/c1-13-17(23(31)27(25-13)15-9-5-3-6-10-15)19-21(29)20(22(19)30)18-14(2)26-28(24(18)32)16-11-7-4-8-12-16/h3-12,19-22,25-26H,1-2H3/q-2. The van der Waals surface area contributed by atoms with Gasteiger partial charge in [-0.25, -0.2) is 9.36 Å². The summed E-state index contributed by atoms with van der Waals surface area (Å²) in [5.41, 5.74) is 1.87. The molecule has 0 atom stereocenters. The Morgan fingerprint density at radius 2 is 1.00 bits per heavy atom. The van der Waals surface area contributed by atoms with E-state index >= 15 is 0 Å². The van der Waals surface area contributed by atoms with Gasteiger partial charge in [0.05, 0.1) is 11.4 Å². The lowest BCUT2D eigenvalue weighted by Crippen LogP contribution is -2.65. The molecule has 0 saturated heterocycles. The number of nitrogens with one attached hydrogen (secondary N) is 2. The molecule has 1 aliphatic carbocycles. The minimum Gasteiger partial charge on any atom is -0.851 e. The fourth-order valence-corrected chi connectivity index (χ4v) is 4.75. The molecular formula is C24H22N4O4-2. The van der Waals surface area contributed by atoms with Crippen molar-refractivity contribution in [1.82, 2.24) is 19.6 Å². The van der Waals surface area contributed by atoms with E-state index in [0.717, 1.165) is 0 Å². The molecule has 2 aromatic heterocycles. The van der Waals surface area contributed by atoms with E-state index in [1.54, 1.807) is 62.4 Å². The number of rotatable bonds is 4. The van der Waals surface area contributed by atoms with Crippen molar-refractivity contribution < 1.29 is 10.2 Å². The molecule has 0 unspecified atom stereocenters. The Bertz CT molecular complexity index is 1270. The van der Waals surface area contributed by atoms with Crippen LogP contribution < -0.4 is 21.3 Å². The predicted octanol–water partition coefficient (Wildman–Crippen LogP) is 0.600. The van der Waals surface area contributed by atoms with Crippen molar-refractivity contribution in [2.75, 3.05) is 0 Å². The molecule has 5 rings (SSSR count). The van der Waals surface area contributed by atoms with Crippen molar-refractivity contribution in [2.24, 2.45) is 0 Å². The molecule has 2 heterocycles. The van der Waals surface area contributed by atoms with Crippen molar-refractivity contribution in [1.29, 1.82) is 0 Å². The number of aromatic amines is 2. The molecule has 0 amide bonds. The average Bonchev–Trinajstić information content (AvgIpc) is 3.26. The highest BCUT2D eigenvalue weighted by molar-refractivity contribution is 5.41. The molecule has 32 heavy (non-hydrogen) atoms. The van der Waals surface area contributed by atoms with Crippen molar-refractivity contribution in [3.63, 3.8) is 0 Å². The van der Waals surface area contributed by atoms with Crippen LogP contribution >= 0.6 is 0 Å². The number of para-hydroxylation sites is 2. The van der Waals surface area contributed by atoms with Gasteiger partial charge < -0.3 is 10.2 Å². The summed E-state index contributed by atoms with van der Waals surface area (Å²) in [6.07, 6.45) is -2.76. The molecule has 2 N–H and O–H groups in total. The van der Waals surface area contributed by atoms with Gasteiger partial charge in [-0.2, -0.15) is 0 Å². The molecule has 0 spiro atoms. The van der Waals surface area contributed by atoms with Gasteiger partial charge in [-0.05, 0) is 49.9 Å². The summed E-state index contributed by atoms with van der Waals surface area (Å²) in [5.74, 6) is -2.01. The Morgan fingerprint density at radius 1 is 0.656 bits per heavy atom. The first-order chi connectivity index (χ1) is 15.4. The first kappa shape index (κ1) is 20.3. The first-order valence-electron chi connectivity index (χ1n) is 10.5. The van der Waals surface area contributed by atoms with Gasteiger partial charge in [0.25, 0.3) is 11.1 Å². The van der Waals surface area contributed by atoms with Crippen LogP contribution in [0.5, 0.6) is 0 Å². The number of benzene rings is 2. The lowest BCUT2D eigenvalue weighted by atomic mass is 9.63. The molecule has 1 aliphatic rings. The zero-order chi connectivity index (χ0) is 22.6. The maximum atomic E-state index is 13.2. The lowest BCUT2D eigenvalue weighted by molar-refractivity contribution is -0.536. The van der Waals surface area contributed by atoms with Gasteiger partial charge in [-0.1, -0.05) is 36.4 Å². The summed E-state index contributed by atoms with van der Waals surface area (Å²) in [7, 11) is 0. The summed E-state index contributed by atoms with van der Waals surface area (Å²) in [6.45, 7) is 3.37. The van der Waals surface area contributed by atoms with Crippen molar-refractivity contribution >= 4 is 0 Å². The third-order valence-electron chi connectivity index (χ3n) is 6.35. The third kappa shape index (κ3) is 2.91. The topological polar surface area (TPSA) is 122 Å². The van der Waals surface area contributed by atoms with Crippen LogP contribution in [0.15, 0.2) is 70.3 Å². The molecule has 8 heteroatoms. The quantitative estimate of drug-likeness (QED) is 0.492. The molecule has 0 radical (unpaired) electrons. The fraction of sp³-hybridized carbons (Fsp3) is 0.250. The summed E-state index contributed by atoms with van der Waals surface area (Å²) < 4.78 is 2.70. The van der Waals surface area contributed by atoms with Gasteiger partial charge in [0.1, 0.15) is 0 Å². The minimum atomic E-state index is -1.38. The van der Waals surface area contributed by atoms with E-state index in [4.69, 9.17) is 0 Å². The van der Waals surface area contributed by atoms with Crippen LogP contribution in [0, 0.1) is 13.8 Å². The zero-order valence-corrected chi connectivity index (χ0v) is 17.6. The normalized spacial score (nSPS) is 22.6. The largest absolute Gasteiger partial charge is 0.851 e. The van der Waals surface area contributed by atoms with E-state index in [2.05, 4.69) is 10.2 Å². The highest BCUT2D eigenvalue weighted by atomic mass is 16.3. The van der Waals surface area contributed by atoms with E-state index in [0.29, 0.717) is 22.8 Å². The Morgan fingerprint density at radius 3 is 1.34 bits per heavy atom. The minimum absolute atomic E-state index is 0.210. The smallest absolute Gasteiger partial charge is 0.274 e. The molecule has 0 bridgehead atoms. The van der Waals surface area contributed by atoms with Crippen molar-refractivity contribution in [3.05, 3.63) is 104 Å². The molecule has 1 fully saturated rings. The van der Waals surface area contributed by atoms with Gasteiger partial charge in [0.2, 0.25) is 0 Å².